The molecule has 0 amide bonds. The van der Waals surface area contributed by atoms with Gasteiger partial charge in [0.2, 0.25) is 10.9 Å². The molecule has 0 aliphatic heterocycles. The maximum absolute atomic E-state index is 18.2. The Morgan fingerprint density at radius 1 is 1.13 bits per heavy atom. The van der Waals surface area contributed by atoms with Crippen LogP contribution in [0.1, 0.15) is 78.3 Å². The fourth-order valence-electron chi connectivity index (χ4n) is 8.70. The number of rotatable bonds is 6. The maximum atomic E-state index is 18.2. The SMILES string of the molecule is CC(=O)O[C@H]1C[C@@]2(C)C(C[C@@H](C)[C@]2(OC(=O)c2ccco2)C(=O)SCC(=O)OC(C)(C)C)C2C[C@H](F)C3=CC(=O)C=C[C@]3(C)[C@]21F. The summed E-state index contributed by atoms with van der Waals surface area (Å²) >= 11 is 0.626. The Morgan fingerprint density at radius 2 is 1.83 bits per heavy atom. The smallest absolute Gasteiger partial charge is 0.375 e. The van der Waals surface area contributed by atoms with E-state index in [0.717, 1.165) is 13.0 Å². The lowest BCUT2D eigenvalue weighted by molar-refractivity contribution is -0.231. The van der Waals surface area contributed by atoms with Crippen molar-refractivity contribution in [2.75, 3.05) is 5.75 Å². The van der Waals surface area contributed by atoms with E-state index in [4.69, 9.17) is 18.6 Å². The molecule has 3 fully saturated rings. The van der Waals surface area contributed by atoms with Gasteiger partial charge in [-0.2, -0.15) is 0 Å². The molecular weight excluding hydrogens is 622 g/mol. The van der Waals surface area contributed by atoms with Crippen molar-refractivity contribution in [2.24, 2.45) is 28.6 Å². The first-order valence-corrected chi connectivity index (χ1v) is 16.4. The molecule has 0 N–H and O–H groups in total. The number of hydrogen-bond donors (Lipinski definition) is 0. The molecule has 5 rings (SSSR count). The van der Waals surface area contributed by atoms with E-state index in [9.17, 15) is 24.0 Å². The van der Waals surface area contributed by atoms with Gasteiger partial charge in [-0.25, -0.2) is 13.6 Å². The normalized spacial score (nSPS) is 38.2. The highest BCUT2D eigenvalue weighted by Crippen LogP contribution is 2.72. The van der Waals surface area contributed by atoms with Crippen molar-refractivity contribution in [3.63, 3.8) is 0 Å². The van der Waals surface area contributed by atoms with Crippen LogP contribution >= 0.6 is 11.8 Å². The van der Waals surface area contributed by atoms with Crippen molar-refractivity contribution in [3.8, 4) is 0 Å². The quantitative estimate of drug-likeness (QED) is 0.268. The lowest BCUT2D eigenvalue weighted by Crippen LogP contribution is -2.71. The summed E-state index contributed by atoms with van der Waals surface area (Å²) in [4.78, 5) is 65.5. The number of esters is 3. The molecular formula is C34H40F2O9S. The third kappa shape index (κ3) is 5.15. The topological polar surface area (TPSA) is 126 Å². The molecule has 0 aromatic carbocycles. The van der Waals surface area contributed by atoms with E-state index in [1.54, 1.807) is 34.6 Å². The van der Waals surface area contributed by atoms with E-state index in [-0.39, 0.29) is 36.3 Å². The van der Waals surface area contributed by atoms with Crippen LogP contribution < -0.4 is 0 Å². The number of ether oxygens (including phenoxy) is 3. The molecule has 0 radical (unpaired) electrons. The average molecular weight is 663 g/mol. The van der Waals surface area contributed by atoms with E-state index < -0.39 is 86.5 Å². The summed E-state index contributed by atoms with van der Waals surface area (Å²) in [6.07, 6.45) is 1.29. The van der Waals surface area contributed by atoms with Crippen LogP contribution in [0.25, 0.3) is 0 Å². The number of carbonyl (C=O) groups excluding carboxylic acids is 5. The van der Waals surface area contributed by atoms with Crippen LogP contribution in [0.3, 0.4) is 0 Å². The van der Waals surface area contributed by atoms with Gasteiger partial charge >= 0.3 is 17.9 Å². The highest BCUT2D eigenvalue weighted by Gasteiger charge is 2.79. The lowest BCUT2D eigenvalue weighted by Gasteiger charge is -2.63. The van der Waals surface area contributed by atoms with Gasteiger partial charge in [0.25, 0.3) is 0 Å². The van der Waals surface area contributed by atoms with Gasteiger partial charge in [0, 0.05) is 29.6 Å². The summed E-state index contributed by atoms with van der Waals surface area (Å²) in [5, 5.41) is -0.661. The van der Waals surface area contributed by atoms with Crippen molar-refractivity contribution in [3.05, 3.63) is 48.0 Å². The number of furan rings is 1. The van der Waals surface area contributed by atoms with Gasteiger partial charge in [-0.3, -0.25) is 19.2 Å². The number of allylic oxidation sites excluding steroid dienone is 4. The van der Waals surface area contributed by atoms with E-state index in [1.165, 1.54) is 37.5 Å². The van der Waals surface area contributed by atoms with E-state index in [1.807, 2.05) is 0 Å². The predicted octanol–water partition coefficient (Wildman–Crippen LogP) is 5.91. The fourth-order valence-corrected chi connectivity index (χ4v) is 9.70. The zero-order chi connectivity index (χ0) is 34.0. The molecule has 250 valence electrons. The largest absolute Gasteiger partial charge is 0.459 e. The van der Waals surface area contributed by atoms with Gasteiger partial charge in [0.15, 0.2) is 17.1 Å². The number of alkyl halides is 2. The second-order valence-electron chi connectivity index (χ2n) is 14.3. The minimum absolute atomic E-state index is 0.0231. The van der Waals surface area contributed by atoms with Gasteiger partial charge in [-0.1, -0.05) is 31.7 Å². The summed E-state index contributed by atoms with van der Waals surface area (Å²) < 4.78 is 56.9. The minimum Gasteiger partial charge on any atom is -0.459 e. The first kappa shape index (κ1) is 34.1. The third-order valence-corrected chi connectivity index (χ3v) is 11.4. The first-order valence-electron chi connectivity index (χ1n) is 15.4. The summed E-state index contributed by atoms with van der Waals surface area (Å²) in [7, 11) is 0. The maximum Gasteiger partial charge on any atom is 0.375 e. The Bertz CT molecular complexity index is 1510. The number of fused-ring (bicyclic) bond motifs is 5. The highest BCUT2D eigenvalue weighted by molar-refractivity contribution is 8.14. The standard InChI is InChI=1S/C34H40F2O9S/c1-18-13-21-22-15-24(35)23-14-20(38)10-11-31(23,6)33(22,36)26(43-19(2)37)16-32(21,7)34(18,45-28(40)25-9-8-12-42-25)29(41)46-17-27(39)44-30(3,4)5/h8-12,14,18,21-22,24,26H,13,15-17H2,1-7H3/t18-,21?,22?,24+,26+,31+,32+,33+,34+/m1/s1. The molecule has 4 aliphatic rings. The van der Waals surface area contributed by atoms with Gasteiger partial charge in [-0.15, -0.1) is 0 Å². The Hall–Kier alpha value is -3.28. The van der Waals surface area contributed by atoms with Gasteiger partial charge in [-0.05, 0) is 82.7 Å². The predicted molar refractivity (Wildman–Crippen MR) is 163 cm³/mol. The molecule has 46 heavy (non-hydrogen) atoms. The van der Waals surface area contributed by atoms with E-state index in [2.05, 4.69) is 0 Å². The number of thioether (sulfide) groups is 1. The average Bonchev–Trinajstić information content (AvgIpc) is 3.56. The molecule has 9 nitrogen and oxygen atoms in total. The zero-order valence-corrected chi connectivity index (χ0v) is 27.8. The Morgan fingerprint density at radius 3 is 2.43 bits per heavy atom. The number of carbonyl (C=O) groups is 5. The van der Waals surface area contributed by atoms with Gasteiger partial charge in [0.05, 0.1) is 12.0 Å². The van der Waals surface area contributed by atoms with Crippen molar-refractivity contribution in [2.45, 2.75) is 96.9 Å². The van der Waals surface area contributed by atoms with Crippen molar-refractivity contribution >= 4 is 40.6 Å². The monoisotopic (exact) mass is 662 g/mol. The molecule has 2 unspecified atom stereocenters. The molecule has 3 saturated carbocycles. The summed E-state index contributed by atoms with van der Waals surface area (Å²) in [5.41, 5.74) is -8.20. The van der Waals surface area contributed by atoms with Crippen LogP contribution in [0.15, 0.2) is 46.6 Å². The molecule has 1 aromatic rings. The van der Waals surface area contributed by atoms with E-state index in [0.29, 0.717) is 11.8 Å². The molecule has 0 spiro atoms. The summed E-state index contributed by atoms with van der Waals surface area (Å²) in [6.45, 7) is 11.1. The van der Waals surface area contributed by atoms with Crippen molar-refractivity contribution in [1.29, 1.82) is 0 Å². The third-order valence-electron chi connectivity index (χ3n) is 10.5. The Labute approximate surface area is 270 Å². The van der Waals surface area contributed by atoms with Crippen molar-refractivity contribution in [1.82, 2.24) is 0 Å². The number of hydrogen-bond acceptors (Lipinski definition) is 10. The van der Waals surface area contributed by atoms with Crippen LogP contribution in [0.5, 0.6) is 0 Å². The molecule has 0 bridgehead atoms. The fraction of sp³-hybridized carbons (Fsp3) is 0.618. The molecule has 1 aromatic heterocycles. The molecule has 1 heterocycles. The second-order valence-corrected chi connectivity index (χ2v) is 15.3. The molecule has 12 heteroatoms. The molecule has 4 aliphatic carbocycles. The van der Waals surface area contributed by atoms with E-state index >= 15 is 8.78 Å². The van der Waals surface area contributed by atoms with Crippen LogP contribution in [0.2, 0.25) is 0 Å². The van der Waals surface area contributed by atoms with Crippen LogP contribution in [-0.2, 0) is 33.4 Å². The summed E-state index contributed by atoms with van der Waals surface area (Å²) in [6, 6.07) is 2.86. The minimum atomic E-state index is -2.37. The van der Waals surface area contributed by atoms with Gasteiger partial charge in [0.1, 0.15) is 17.9 Å². The summed E-state index contributed by atoms with van der Waals surface area (Å²) in [5.74, 6) is -5.98. The molecule has 0 saturated heterocycles. The highest BCUT2D eigenvalue weighted by atomic mass is 32.2. The lowest BCUT2D eigenvalue weighted by atomic mass is 9.44. The Kier molecular flexibility index (Phi) is 8.48. The number of halogens is 2. The molecule has 9 atom stereocenters. The van der Waals surface area contributed by atoms with Crippen LogP contribution in [0, 0.1) is 28.6 Å². The zero-order valence-electron chi connectivity index (χ0n) is 27.0. The number of ketones is 1. The second kappa shape index (κ2) is 11.5. The van der Waals surface area contributed by atoms with Crippen LogP contribution in [-0.4, -0.2) is 63.7 Å². The first-order chi connectivity index (χ1) is 21.3. The van der Waals surface area contributed by atoms with Crippen LogP contribution in [0.4, 0.5) is 8.78 Å². The Balaban J connectivity index is 1.64. The van der Waals surface area contributed by atoms with Gasteiger partial charge < -0.3 is 18.6 Å². The van der Waals surface area contributed by atoms with Crippen molar-refractivity contribution < 1.29 is 51.4 Å².